The SMILES string of the molecule is CCCCCCC(CCCC)COC(=O)OCCOC(=O)CCN(CCC1CCN(Cc2ccccc2)CC1)CCC(O)OCCOC(=O)OCC(CCCC)CCCCCC. The van der Waals surface area contributed by atoms with Gasteiger partial charge in [-0.25, -0.2) is 9.59 Å². The van der Waals surface area contributed by atoms with Crippen molar-refractivity contribution in [1.29, 1.82) is 0 Å². The lowest BCUT2D eigenvalue weighted by molar-refractivity contribution is -0.145. The molecule has 1 heterocycles. The third-order valence-electron chi connectivity index (χ3n) is 12.1. The summed E-state index contributed by atoms with van der Waals surface area (Å²) in [4.78, 5) is 42.0. The molecule has 1 aromatic carbocycles. The number of unbranched alkanes of at least 4 members (excludes halogenated alkanes) is 8. The zero-order chi connectivity index (χ0) is 44.9. The van der Waals surface area contributed by atoms with E-state index in [9.17, 15) is 19.5 Å². The van der Waals surface area contributed by atoms with Gasteiger partial charge in [0.2, 0.25) is 0 Å². The number of carbonyl (C=O) groups excluding carboxylic acids is 3. The zero-order valence-corrected chi connectivity index (χ0v) is 39.5. The van der Waals surface area contributed by atoms with Crippen LogP contribution in [-0.4, -0.2) is 112 Å². The van der Waals surface area contributed by atoms with Gasteiger partial charge in [-0.2, -0.15) is 0 Å². The van der Waals surface area contributed by atoms with Crippen molar-refractivity contribution in [2.45, 2.75) is 175 Å². The van der Waals surface area contributed by atoms with Crippen molar-refractivity contribution in [2.75, 3.05) is 72.4 Å². The van der Waals surface area contributed by atoms with Crippen LogP contribution in [0.1, 0.15) is 168 Å². The van der Waals surface area contributed by atoms with Crippen LogP contribution in [0.25, 0.3) is 0 Å². The van der Waals surface area contributed by atoms with E-state index in [1.165, 1.54) is 44.1 Å². The van der Waals surface area contributed by atoms with E-state index in [-0.39, 0.29) is 38.8 Å². The molecule has 1 aromatic rings. The highest BCUT2D eigenvalue weighted by molar-refractivity contribution is 5.69. The lowest BCUT2D eigenvalue weighted by Crippen LogP contribution is -2.36. The first-order chi connectivity index (χ1) is 30.3. The van der Waals surface area contributed by atoms with Crippen molar-refractivity contribution in [2.24, 2.45) is 17.8 Å². The molecule has 0 spiro atoms. The molecule has 1 N–H and O–H groups in total. The van der Waals surface area contributed by atoms with E-state index in [1.54, 1.807) is 0 Å². The number of aliphatic hydroxyl groups is 1. The fourth-order valence-electron chi connectivity index (χ4n) is 8.05. The molecule has 0 radical (unpaired) electrons. The largest absolute Gasteiger partial charge is 0.508 e. The van der Waals surface area contributed by atoms with E-state index in [0.29, 0.717) is 50.5 Å². The fourth-order valence-corrected chi connectivity index (χ4v) is 8.05. The molecular weight excluding hydrogens is 789 g/mol. The zero-order valence-electron chi connectivity index (χ0n) is 39.5. The lowest BCUT2D eigenvalue weighted by Gasteiger charge is -2.33. The minimum absolute atomic E-state index is 0.00934. The second-order valence-corrected chi connectivity index (χ2v) is 17.5. The smallest absolute Gasteiger partial charge is 0.462 e. The molecule has 0 aromatic heterocycles. The van der Waals surface area contributed by atoms with E-state index in [1.807, 2.05) is 0 Å². The molecule has 0 amide bonds. The van der Waals surface area contributed by atoms with Crippen LogP contribution in [0.4, 0.5) is 9.59 Å². The number of ether oxygens (including phenoxy) is 6. The Labute approximate surface area is 376 Å². The second kappa shape index (κ2) is 37.4. The Morgan fingerprint density at radius 1 is 0.629 bits per heavy atom. The summed E-state index contributed by atoms with van der Waals surface area (Å²) >= 11 is 0. The van der Waals surface area contributed by atoms with E-state index in [0.717, 1.165) is 110 Å². The second-order valence-electron chi connectivity index (χ2n) is 17.5. The van der Waals surface area contributed by atoms with Crippen LogP contribution < -0.4 is 0 Å². The molecule has 2 rings (SSSR count). The molecule has 12 heteroatoms. The summed E-state index contributed by atoms with van der Waals surface area (Å²) in [7, 11) is 0. The average Bonchev–Trinajstić information content (AvgIpc) is 3.28. The number of benzene rings is 1. The van der Waals surface area contributed by atoms with Gasteiger partial charge in [0.25, 0.3) is 0 Å². The Bertz CT molecular complexity index is 1230. The maximum atomic E-state index is 12.8. The van der Waals surface area contributed by atoms with Crippen LogP contribution in [0.3, 0.4) is 0 Å². The predicted octanol–water partition coefficient (Wildman–Crippen LogP) is 11.1. The van der Waals surface area contributed by atoms with Crippen molar-refractivity contribution in [3.05, 3.63) is 35.9 Å². The summed E-state index contributed by atoms with van der Waals surface area (Å²) in [5.74, 6) is 0.898. The van der Waals surface area contributed by atoms with Gasteiger partial charge >= 0.3 is 18.3 Å². The monoisotopic (exact) mass is 877 g/mol. The summed E-state index contributed by atoms with van der Waals surface area (Å²) in [5.41, 5.74) is 1.33. The molecule has 1 aliphatic heterocycles. The van der Waals surface area contributed by atoms with Gasteiger partial charge in [-0.1, -0.05) is 135 Å². The molecule has 0 saturated carbocycles. The van der Waals surface area contributed by atoms with Gasteiger partial charge in [0, 0.05) is 26.1 Å². The molecular formula is C50H88N2O10. The number of piperidine rings is 1. The van der Waals surface area contributed by atoms with Gasteiger partial charge in [0.15, 0.2) is 6.29 Å². The number of carbonyl (C=O) groups is 3. The number of esters is 1. The van der Waals surface area contributed by atoms with Gasteiger partial charge < -0.3 is 38.4 Å². The van der Waals surface area contributed by atoms with E-state index < -0.39 is 18.6 Å². The summed E-state index contributed by atoms with van der Waals surface area (Å²) in [5, 5.41) is 10.7. The number of rotatable bonds is 38. The molecule has 0 aliphatic carbocycles. The van der Waals surface area contributed by atoms with E-state index >= 15 is 0 Å². The Morgan fingerprint density at radius 2 is 1.16 bits per heavy atom. The van der Waals surface area contributed by atoms with E-state index in [2.05, 4.69) is 67.8 Å². The fraction of sp³-hybridized carbons (Fsp3) is 0.820. The third kappa shape index (κ3) is 29.4. The van der Waals surface area contributed by atoms with Gasteiger partial charge in [0.05, 0.1) is 26.2 Å². The topological polar surface area (TPSA) is 133 Å². The quantitative estimate of drug-likeness (QED) is 0.0293. The van der Waals surface area contributed by atoms with Crippen LogP contribution in [0.15, 0.2) is 30.3 Å². The highest BCUT2D eigenvalue weighted by Crippen LogP contribution is 2.23. The van der Waals surface area contributed by atoms with Crippen molar-refractivity contribution >= 4 is 18.3 Å². The maximum Gasteiger partial charge on any atom is 0.508 e. The first-order valence-corrected chi connectivity index (χ1v) is 24.8. The van der Waals surface area contributed by atoms with Crippen LogP contribution in [0.2, 0.25) is 0 Å². The van der Waals surface area contributed by atoms with Crippen molar-refractivity contribution < 1.29 is 47.9 Å². The van der Waals surface area contributed by atoms with Gasteiger partial charge in [-0.05, 0) is 87.9 Å². The van der Waals surface area contributed by atoms with Crippen LogP contribution in [-0.2, 0) is 39.8 Å². The van der Waals surface area contributed by atoms with Gasteiger partial charge in [-0.15, -0.1) is 0 Å². The predicted molar refractivity (Wildman–Crippen MR) is 246 cm³/mol. The van der Waals surface area contributed by atoms with Crippen molar-refractivity contribution in [1.82, 2.24) is 9.80 Å². The number of hydrogen-bond donors (Lipinski definition) is 1. The molecule has 1 aliphatic rings. The van der Waals surface area contributed by atoms with Crippen LogP contribution >= 0.6 is 0 Å². The Hall–Kier alpha value is -2.93. The highest BCUT2D eigenvalue weighted by atomic mass is 16.7. The molecule has 0 bridgehead atoms. The summed E-state index contributed by atoms with van der Waals surface area (Å²) < 4.78 is 32.3. The Morgan fingerprint density at radius 3 is 1.73 bits per heavy atom. The molecule has 3 atom stereocenters. The molecule has 358 valence electrons. The number of likely N-dealkylation sites (tertiary alicyclic amines) is 1. The molecule has 1 saturated heterocycles. The lowest BCUT2D eigenvalue weighted by atomic mass is 9.93. The Balaban J connectivity index is 1.75. The maximum absolute atomic E-state index is 12.8. The average molecular weight is 877 g/mol. The first kappa shape index (κ1) is 55.2. The van der Waals surface area contributed by atoms with Crippen LogP contribution in [0.5, 0.6) is 0 Å². The molecule has 1 fully saturated rings. The standard InChI is InChI=1S/C50H88N2O10/c1-5-9-13-16-24-45(20-11-7-3)41-61-49(55)59-38-36-57-47(53)29-34-51(31-26-43-27-32-52(33-28-43)40-44-22-18-15-19-23-44)35-30-48(54)58-37-39-60-50(56)62-42-46(21-12-8-4)25-17-14-10-6-2/h15,18-19,22-23,43,45-47,53H,5-14,16-17,20-21,24-42H2,1-4H3. The van der Waals surface area contributed by atoms with E-state index in [4.69, 9.17) is 28.4 Å². The summed E-state index contributed by atoms with van der Waals surface area (Å²) in [6, 6.07) is 10.6. The number of hydrogen-bond acceptors (Lipinski definition) is 12. The van der Waals surface area contributed by atoms with Crippen LogP contribution in [0, 0.1) is 17.8 Å². The normalized spacial score (nSPS) is 14.9. The van der Waals surface area contributed by atoms with Gasteiger partial charge in [0.1, 0.15) is 19.8 Å². The summed E-state index contributed by atoms with van der Waals surface area (Å²) in [6.45, 7) is 14.3. The molecule has 3 unspecified atom stereocenters. The number of nitrogens with zero attached hydrogens (tertiary/aromatic N) is 2. The van der Waals surface area contributed by atoms with Gasteiger partial charge in [-0.3, -0.25) is 9.69 Å². The Kier molecular flexibility index (Phi) is 33.3. The minimum atomic E-state index is -1.05. The molecule has 62 heavy (non-hydrogen) atoms. The molecule has 12 nitrogen and oxygen atoms in total. The minimum Gasteiger partial charge on any atom is -0.462 e. The highest BCUT2D eigenvalue weighted by Gasteiger charge is 2.22. The number of aliphatic hydroxyl groups excluding tert-OH is 1. The summed E-state index contributed by atoms with van der Waals surface area (Å²) in [6.07, 6.45) is 19.5. The first-order valence-electron chi connectivity index (χ1n) is 24.8. The van der Waals surface area contributed by atoms with Crippen molar-refractivity contribution in [3.8, 4) is 0 Å². The third-order valence-corrected chi connectivity index (χ3v) is 12.1. The van der Waals surface area contributed by atoms with Crippen molar-refractivity contribution in [3.63, 3.8) is 0 Å².